The normalized spacial score (nSPS) is 19.4. The Balaban J connectivity index is 1.26. The Hall–Kier alpha value is -3.10. The van der Waals surface area contributed by atoms with Gasteiger partial charge in [0.1, 0.15) is 6.10 Å². The first kappa shape index (κ1) is 23.1. The Kier molecular flexibility index (Phi) is 7.15. The van der Waals surface area contributed by atoms with Gasteiger partial charge in [-0.25, -0.2) is 18.7 Å². The number of aromatic nitrogens is 2. The summed E-state index contributed by atoms with van der Waals surface area (Å²) in [5.74, 6) is -2.49. The maximum atomic E-state index is 14.4. The summed E-state index contributed by atoms with van der Waals surface area (Å²) < 4.78 is 28.5. The van der Waals surface area contributed by atoms with Crippen LogP contribution in [0.4, 0.5) is 14.7 Å². The summed E-state index contributed by atoms with van der Waals surface area (Å²) >= 11 is 0. The van der Waals surface area contributed by atoms with Crippen LogP contribution < -0.4 is 10.6 Å². The first-order valence-corrected chi connectivity index (χ1v) is 11.5. The van der Waals surface area contributed by atoms with Crippen molar-refractivity contribution in [1.29, 1.82) is 0 Å². The molecule has 1 aromatic carbocycles. The van der Waals surface area contributed by atoms with Crippen LogP contribution in [0.1, 0.15) is 72.9 Å². The van der Waals surface area contributed by atoms with E-state index >= 15 is 0 Å². The van der Waals surface area contributed by atoms with E-state index in [0.717, 1.165) is 49.6 Å². The topological polar surface area (TPSA) is 93.7 Å². The number of carbonyl (C=O) groups is 1. The van der Waals surface area contributed by atoms with E-state index in [1.54, 1.807) is 0 Å². The predicted octanol–water partition coefficient (Wildman–Crippen LogP) is 4.12. The van der Waals surface area contributed by atoms with Crippen LogP contribution in [-0.4, -0.2) is 40.8 Å². The van der Waals surface area contributed by atoms with E-state index in [1.807, 2.05) is 12.4 Å². The average molecular weight is 458 g/mol. The van der Waals surface area contributed by atoms with Crippen LogP contribution >= 0.6 is 0 Å². The Morgan fingerprint density at radius 2 is 1.79 bits per heavy atom. The van der Waals surface area contributed by atoms with Crippen molar-refractivity contribution < 1.29 is 18.4 Å². The number of nitrogens with zero attached hydrogens (tertiary/aromatic N) is 4. The van der Waals surface area contributed by atoms with Gasteiger partial charge in [0.25, 0.3) is 5.91 Å². The van der Waals surface area contributed by atoms with Crippen molar-refractivity contribution in [1.82, 2.24) is 9.97 Å². The second-order valence-electron chi connectivity index (χ2n) is 8.66. The first-order valence-electron chi connectivity index (χ1n) is 11.5. The van der Waals surface area contributed by atoms with Gasteiger partial charge in [0.15, 0.2) is 11.6 Å². The van der Waals surface area contributed by atoms with Gasteiger partial charge in [0.2, 0.25) is 5.95 Å². The van der Waals surface area contributed by atoms with Crippen LogP contribution in [0.15, 0.2) is 29.7 Å². The molecule has 2 fully saturated rings. The number of primary amides is 1. The smallest absolute Gasteiger partial charge is 0.251 e. The molecule has 33 heavy (non-hydrogen) atoms. The van der Waals surface area contributed by atoms with E-state index in [1.165, 1.54) is 12.1 Å². The van der Waals surface area contributed by atoms with Crippen LogP contribution in [0.3, 0.4) is 0 Å². The van der Waals surface area contributed by atoms with E-state index in [0.29, 0.717) is 31.2 Å². The highest BCUT2D eigenvalue weighted by Crippen LogP contribution is 2.34. The van der Waals surface area contributed by atoms with E-state index < -0.39 is 23.1 Å². The molecule has 0 bridgehead atoms. The lowest BCUT2D eigenvalue weighted by Gasteiger charge is -2.31. The van der Waals surface area contributed by atoms with E-state index in [9.17, 15) is 13.6 Å². The minimum atomic E-state index is -1.17. The van der Waals surface area contributed by atoms with Gasteiger partial charge in [-0.1, -0.05) is 18.1 Å². The van der Waals surface area contributed by atoms with Gasteiger partial charge >= 0.3 is 0 Å². The van der Waals surface area contributed by atoms with Gasteiger partial charge in [-0.3, -0.25) is 4.79 Å². The average Bonchev–Trinajstić information content (AvgIpc) is 2.85. The van der Waals surface area contributed by atoms with E-state index in [2.05, 4.69) is 26.9 Å². The van der Waals surface area contributed by atoms with E-state index in [4.69, 9.17) is 10.6 Å². The molecule has 1 saturated heterocycles. The van der Waals surface area contributed by atoms with Crippen molar-refractivity contribution in [3.05, 3.63) is 52.9 Å². The number of piperidine rings is 1. The van der Waals surface area contributed by atoms with Gasteiger partial charge in [0.05, 0.1) is 11.3 Å². The molecule has 2 aliphatic rings. The lowest BCUT2D eigenvalue weighted by atomic mass is 9.82. The zero-order chi connectivity index (χ0) is 23.4. The number of benzene rings is 1. The number of oxime groups is 1. The fraction of sp³-hybridized carbons (Fsp3) is 0.500. The standard InChI is InChI=1S/C24H29F2N5O2/c1-2-15-13-28-24(29-14-15)31-11-9-18(10-12-31)33-30-17-5-3-16(4-6-17)19-7-8-20(23(27)32)22(26)21(19)25/h7-8,13-14,16,18H,2-6,9-12H2,1H3,(H2,27,32). The number of carbonyl (C=O) groups excluding carboxylic acids is 1. The lowest BCUT2D eigenvalue weighted by molar-refractivity contribution is 0.0406. The van der Waals surface area contributed by atoms with Crippen LogP contribution in [0.2, 0.25) is 0 Å². The van der Waals surface area contributed by atoms with Crippen LogP contribution in [0, 0.1) is 11.6 Å². The van der Waals surface area contributed by atoms with Gasteiger partial charge in [-0.05, 0) is 55.2 Å². The molecule has 7 nitrogen and oxygen atoms in total. The highest BCUT2D eigenvalue weighted by atomic mass is 19.2. The molecule has 1 amide bonds. The molecule has 2 aromatic rings. The van der Waals surface area contributed by atoms with Gasteiger partial charge < -0.3 is 15.5 Å². The molecule has 176 valence electrons. The molecule has 2 N–H and O–H groups in total. The maximum absolute atomic E-state index is 14.4. The third-order valence-electron chi connectivity index (χ3n) is 6.54. The number of halogens is 2. The third-order valence-corrected chi connectivity index (χ3v) is 6.54. The van der Waals surface area contributed by atoms with Crippen LogP contribution in [0.25, 0.3) is 0 Å². The largest absolute Gasteiger partial charge is 0.392 e. The molecule has 1 aliphatic carbocycles. The Labute approximate surface area is 192 Å². The van der Waals surface area contributed by atoms with Crippen LogP contribution in [-0.2, 0) is 11.3 Å². The first-order chi connectivity index (χ1) is 16.0. The molecule has 2 heterocycles. The second kappa shape index (κ2) is 10.2. The molecule has 9 heteroatoms. The van der Waals surface area contributed by atoms with Crippen molar-refractivity contribution >= 4 is 17.6 Å². The minimum absolute atomic E-state index is 0.0503. The maximum Gasteiger partial charge on any atom is 0.251 e. The summed E-state index contributed by atoms with van der Waals surface area (Å²) in [4.78, 5) is 28.1. The zero-order valence-corrected chi connectivity index (χ0v) is 18.8. The van der Waals surface area contributed by atoms with Gasteiger partial charge in [-0.15, -0.1) is 0 Å². The van der Waals surface area contributed by atoms with Crippen molar-refractivity contribution in [3.63, 3.8) is 0 Å². The third kappa shape index (κ3) is 5.29. The highest BCUT2D eigenvalue weighted by molar-refractivity contribution is 5.93. The molecule has 0 atom stereocenters. The SMILES string of the molecule is CCc1cnc(N2CCC(ON=C3CCC(c4ccc(C(N)=O)c(F)c4F)CC3)CC2)nc1. The lowest BCUT2D eigenvalue weighted by Crippen LogP contribution is -2.37. The number of amides is 1. The molecule has 0 unspecified atom stereocenters. The highest BCUT2D eigenvalue weighted by Gasteiger charge is 2.27. The monoisotopic (exact) mass is 457 g/mol. The molecule has 1 saturated carbocycles. The summed E-state index contributed by atoms with van der Waals surface area (Å²) in [6.07, 6.45) is 9.04. The van der Waals surface area contributed by atoms with Crippen molar-refractivity contribution in [2.24, 2.45) is 10.9 Å². The molecule has 0 radical (unpaired) electrons. The molecule has 1 aromatic heterocycles. The summed E-state index contributed by atoms with van der Waals surface area (Å²) in [6, 6.07) is 2.73. The Bertz CT molecular complexity index is 1010. The predicted molar refractivity (Wildman–Crippen MR) is 121 cm³/mol. The summed E-state index contributed by atoms with van der Waals surface area (Å²) in [7, 11) is 0. The van der Waals surface area contributed by atoms with Crippen molar-refractivity contribution in [3.8, 4) is 0 Å². The number of rotatable bonds is 6. The quantitative estimate of drug-likeness (QED) is 0.659. The fourth-order valence-corrected chi connectivity index (χ4v) is 4.43. The summed E-state index contributed by atoms with van der Waals surface area (Å²) in [6.45, 7) is 3.71. The summed E-state index contributed by atoms with van der Waals surface area (Å²) in [5, 5.41) is 4.37. The molecule has 0 spiro atoms. The van der Waals surface area contributed by atoms with Crippen LogP contribution in [0.5, 0.6) is 0 Å². The number of aryl methyl sites for hydroxylation is 1. The zero-order valence-electron chi connectivity index (χ0n) is 18.8. The van der Waals surface area contributed by atoms with Gasteiger partial charge in [0, 0.05) is 38.3 Å². The van der Waals surface area contributed by atoms with Crippen molar-refractivity contribution in [2.45, 2.75) is 63.9 Å². The summed E-state index contributed by atoms with van der Waals surface area (Å²) in [5.41, 5.74) is 7.03. The molecular weight excluding hydrogens is 428 g/mol. The Morgan fingerprint density at radius 1 is 1.12 bits per heavy atom. The Morgan fingerprint density at radius 3 is 2.39 bits per heavy atom. The van der Waals surface area contributed by atoms with E-state index in [-0.39, 0.29) is 12.0 Å². The number of anilines is 1. The number of hydrogen-bond acceptors (Lipinski definition) is 6. The molecular formula is C24H29F2N5O2. The van der Waals surface area contributed by atoms with Crippen molar-refractivity contribution in [2.75, 3.05) is 18.0 Å². The number of nitrogens with two attached hydrogens (primary N) is 1. The second-order valence-corrected chi connectivity index (χ2v) is 8.66. The van der Waals surface area contributed by atoms with Gasteiger partial charge in [-0.2, -0.15) is 0 Å². The fourth-order valence-electron chi connectivity index (χ4n) is 4.43. The minimum Gasteiger partial charge on any atom is -0.392 e. The number of hydrogen-bond donors (Lipinski definition) is 1. The molecule has 4 rings (SSSR count). The molecule has 1 aliphatic heterocycles.